The average Bonchev–Trinajstić information content (AvgIpc) is 2.74. The van der Waals surface area contributed by atoms with Gasteiger partial charge in [-0.25, -0.2) is 0 Å². The monoisotopic (exact) mass is 377 g/mol. The lowest BCUT2D eigenvalue weighted by Crippen LogP contribution is -2.13. The third-order valence-electron chi connectivity index (χ3n) is 4.60. The Morgan fingerprint density at radius 2 is 1.57 bits per heavy atom. The number of nitro benzene ring substituents is 1. The minimum atomic E-state index is -0.425. The smallest absolute Gasteiger partial charge is 0.269 e. The molecule has 0 aliphatic rings. The molecule has 0 fully saturated rings. The van der Waals surface area contributed by atoms with E-state index in [0.717, 1.165) is 29.8 Å². The minimum absolute atomic E-state index is 0.0335. The first kappa shape index (κ1) is 19.5. The average molecular weight is 377 g/mol. The van der Waals surface area contributed by atoms with Gasteiger partial charge in [-0.15, -0.1) is 0 Å². The van der Waals surface area contributed by atoms with E-state index >= 15 is 0 Å². The van der Waals surface area contributed by atoms with Gasteiger partial charge in [-0.2, -0.15) is 0 Å². The van der Waals surface area contributed by atoms with E-state index in [0.29, 0.717) is 12.2 Å². The zero-order valence-corrected chi connectivity index (χ0v) is 16.0. The quantitative estimate of drug-likeness (QED) is 0.413. The van der Waals surface area contributed by atoms with Crippen LogP contribution in [0.4, 0.5) is 5.69 Å². The maximum Gasteiger partial charge on any atom is 0.269 e. The number of rotatable bonds is 8. The van der Waals surface area contributed by atoms with Crippen LogP contribution in [-0.2, 0) is 19.3 Å². The second kappa shape index (κ2) is 9.08. The molecule has 6 nitrogen and oxygen atoms in total. The van der Waals surface area contributed by atoms with Crippen LogP contribution in [0, 0.1) is 10.1 Å². The lowest BCUT2D eigenvalue weighted by molar-refractivity contribution is -0.384. The number of ether oxygens (including phenoxy) is 1. The Morgan fingerprint density at radius 1 is 0.929 bits per heavy atom. The van der Waals surface area contributed by atoms with E-state index in [9.17, 15) is 10.1 Å². The Hall–Kier alpha value is -3.28. The van der Waals surface area contributed by atoms with E-state index in [1.54, 1.807) is 12.1 Å². The summed E-state index contributed by atoms with van der Waals surface area (Å²) in [5, 5.41) is 10.9. The van der Waals surface area contributed by atoms with Crippen molar-refractivity contribution in [3.63, 3.8) is 0 Å². The second-order valence-electron chi connectivity index (χ2n) is 6.52. The molecular formula is C22H23N3O3. The first-order chi connectivity index (χ1) is 13.6. The van der Waals surface area contributed by atoms with Crippen LogP contribution in [0.5, 0.6) is 5.75 Å². The fourth-order valence-electron chi connectivity index (χ4n) is 2.83. The normalized spacial score (nSPS) is 11.8. The summed E-state index contributed by atoms with van der Waals surface area (Å²) in [6.07, 6.45) is 5.81. The van der Waals surface area contributed by atoms with E-state index in [-0.39, 0.29) is 11.8 Å². The van der Waals surface area contributed by atoms with Crippen molar-refractivity contribution in [2.24, 2.45) is 0 Å². The van der Waals surface area contributed by atoms with Gasteiger partial charge >= 0.3 is 0 Å². The van der Waals surface area contributed by atoms with Gasteiger partial charge in [0.1, 0.15) is 11.9 Å². The first-order valence-electron chi connectivity index (χ1n) is 9.38. The lowest BCUT2D eigenvalue weighted by Gasteiger charge is -2.19. The van der Waals surface area contributed by atoms with Gasteiger partial charge in [0, 0.05) is 36.6 Å². The van der Waals surface area contributed by atoms with E-state index in [1.807, 2.05) is 30.6 Å². The molecule has 3 rings (SSSR count). The topological polar surface area (TPSA) is 78.2 Å². The van der Waals surface area contributed by atoms with Gasteiger partial charge in [-0.1, -0.05) is 26.0 Å². The highest BCUT2D eigenvalue weighted by Gasteiger charge is 2.18. The van der Waals surface area contributed by atoms with Crippen LogP contribution in [-0.4, -0.2) is 14.9 Å². The molecule has 3 aromatic rings. The first-order valence-corrected chi connectivity index (χ1v) is 9.38. The van der Waals surface area contributed by atoms with E-state index < -0.39 is 4.92 Å². The molecule has 0 amide bonds. The van der Waals surface area contributed by atoms with Crippen LogP contribution in [0.1, 0.15) is 42.5 Å². The molecule has 0 saturated carbocycles. The van der Waals surface area contributed by atoms with Crippen LogP contribution in [0.2, 0.25) is 0 Å². The highest BCUT2D eigenvalue weighted by atomic mass is 16.6. The molecule has 1 aromatic carbocycles. The standard InChI is InChI=1S/C22H23N3O3/c1-3-16-5-7-18(23-14-16)13-22(21-12-6-17(4-2)15-24-21)28-20-10-8-19(9-11-20)25(26)27/h5-12,14-15,22H,3-4,13H2,1-2H3. The number of hydrogen-bond acceptors (Lipinski definition) is 5. The van der Waals surface area contributed by atoms with Crippen molar-refractivity contribution in [1.82, 2.24) is 9.97 Å². The van der Waals surface area contributed by atoms with Crippen molar-refractivity contribution in [2.45, 2.75) is 39.2 Å². The zero-order valence-electron chi connectivity index (χ0n) is 16.0. The van der Waals surface area contributed by atoms with Crippen LogP contribution in [0.15, 0.2) is 60.9 Å². The Balaban J connectivity index is 1.84. The summed E-state index contributed by atoms with van der Waals surface area (Å²) in [6, 6.07) is 14.2. The molecule has 0 saturated heterocycles. The number of aryl methyl sites for hydroxylation is 2. The Bertz CT molecular complexity index is 907. The number of aromatic nitrogens is 2. The summed E-state index contributed by atoms with van der Waals surface area (Å²) in [7, 11) is 0. The summed E-state index contributed by atoms with van der Waals surface area (Å²) in [4.78, 5) is 19.5. The van der Waals surface area contributed by atoms with Crippen molar-refractivity contribution < 1.29 is 9.66 Å². The fraction of sp³-hybridized carbons (Fsp3) is 0.273. The molecule has 1 unspecified atom stereocenters. The summed E-state index contributed by atoms with van der Waals surface area (Å²) in [6.45, 7) is 4.18. The maximum absolute atomic E-state index is 10.9. The van der Waals surface area contributed by atoms with E-state index in [1.165, 1.54) is 17.7 Å². The molecular weight excluding hydrogens is 354 g/mol. The molecule has 144 valence electrons. The molecule has 0 bridgehead atoms. The molecule has 0 radical (unpaired) electrons. The summed E-state index contributed by atoms with van der Waals surface area (Å²) < 4.78 is 6.14. The molecule has 6 heteroatoms. The molecule has 0 spiro atoms. The predicted molar refractivity (Wildman–Crippen MR) is 107 cm³/mol. The van der Waals surface area contributed by atoms with Gasteiger partial charge in [-0.3, -0.25) is 20.1 Å². The highest BCUT2D eigenvalue weighted by Crippen LogP contribution is 2.26. The number of nitrogens with zero attached hydrogens (tertiary/aromatic N) is 3. The van der Waals surface area contributed by atoms with Crippen LogP contribution < -0.4 is 4.74 Å². The number of pyridine rings is 2. The van der Waals surface area contributed by atoms with Gasteiger partial charge in [-0.05, 0) is 48.2 Å². The van der Waals surface area contributed by atoms with Gasteiger partial charge in [0.2, 0.25) is 0 Å². The lowest BCUT2D eigenvalue weighted by atomic mass is 10.1. The second-order valence-corrected chi connectivity index (χ2v) is 6.52. The van der Waals surface area contributed by atoms with Gasteiger partial charge in [0.15, 0.2) is 0 Å². The van der Waals surface area contributed by atoms with E-state index in [2.05, 4.69) is 29.9 Å². The SMILES string of the molecule is CCc1ccc(CC(Oc2ccc([N+](=O)[O-])cc2)c2ccc(CC)cn2)nc1. The van der Waals surface area contributed by atoms with Crippen molar-refractivity contribution in [1.29, 1.82) is 0 Å². The summed E-state index contributed by atoms with van der Waals surface area (Å²) in [5.74, 6) is 0.558. The fourth-order valence-corrected chi connectivity index (χ4v) is 2.83. The van der Waals surface area contributed by atoms with Gasteiger partial charge in [0.05, 0.1) is 10.6 Å². The molecule has 0 N–H and O–H groups in total. The largest absolute Gasteiger partial charge is 0.484 e. The molecule has 2 heterocycles. The van der Waals surface area contributed by atoms with Crippen molar-refractivity contribution in [3.8, 4) is 5.75 Å². The summed E-state index contributed by atoms with van der Waals surface area (Å²) >= 11 is 0. The van der Waals surface area contributed by atoms with Crippen LogP contribution in [0.3, 0.4) is 0 Å². The molecule has 1 atom stereocenters. The Labute approximate surface area is 164 Å². The van der Waals surface area contributed by atoms with Crippen molar-refractivity contribution in [3.05, 3.63) is 93.6 Å². The summed E-state index contributed by atoms with van der Waals surface area (Å²) in [5.41, 5.74) is 4.08. The third kappa shape index (κ3) is 4.91. The number of nitro groups is 1. The van der Waals surface area contributed by atoms with Gasteiger partial charge < -0.3 is 4.74 Å². The Morgan fingerprint density at radius 3 is 2.07 bits per heavy atom. The van der Waals surface area contributed by atoms with Crippen LogP contribution in [0.25, 0.3) is 0 Å². The molecule has 0 aliphatic heterocycles. The number of non-ortho nitro benzene ring substituents is 1. The van der Waals surface area contributed by atoms with Gasteiger partial charge in [0.25, 0.3) is 5.69 Å². The minimum Gasteiger partial charge on any atom is -0.484 e. The Kier molecular flexibility index (Phi) is 6.32. The molecule has 2 aromatic heterocycles. The zero-order chi connectivity index (χ0) is 19.9. The van der Waals surface area contributed by atoms with Crippen molar-refractivity contribution in [2.75, 3.05) is 0 Å². The number of benzene rings is 1. The van der Waals surface area contributed by atoms with E-state index in [4.69, 9.17) is 4.74 Å². The van der Waals surface area contributed by atoms with Crippen molar-refractivity contribution >= 4 is 5.69 Å². The maximum atomic E-state index is 10.9. The molecule has 0 aliphatic carbocycles. The molecule has 28 heavy (non-hydrogen) atoms. The predicted octanol–water partition coefficient (Wildman–Crippen LogP) is 4.87. The van der Waals surface area contributed by atoms with Crippen LogP contribution >= 0.6 is 0 Å². The highest BCUT2D eigenvalue weighted by molar-refractivity contribution is 5.36. The number of hydrogen-bond donors (Lipinski definition) is 0. The third-order valence-corrected chi connectivity index (χ3v) is 4.60.